The fourth-order valence-electron chi connectivity index (χ4n) is 4.82. The molecule has 42 heavy (non-hydrogen) atoms. The highest BCUT2D eigenvalue weighted by molar-refractivity contribution is 6.30. The summed E-state index contributed by atoms with van der Waals surface area (Å²) in [5.74, 6) is 0.605. The maximum atomic E-state index is 14.7. The number of ether oxygens (including phenoxy) is 1. The van der Waals surface area contributed by atoms with Gasteiger partial charge in [-0.25, -0.2) is 9.67 Å². The van der Waals surface area contributed by atoms with E-state index in [4.69, 9.17) is 21.3 Å². The first-order valence-corrected chi connectivity index (χ1v) is 13.7. The molecule has 0 radical (unpaired) electrons. The molecule has 0 fully saturated rings. The summed E-state index contributed by atoms with van der Waals surface area (Å²) in [4.78, 5) is 4.75. The van der Waals surface area contributed by atoms with Gasteiger partial charge in [-0.15, -0.1) is 0 Å². The Kier molecular flexibility index (Phi) is 7.21. The van der Waals surface area contributed by atoms with E-state index in [0.717, 1.165) is 22.8 Å². The van der Waals surface area contributed by atoms with Gasteiger partial charge in [0.15, 0.2) is 5.65 Å². The molecule has 0 aliphatic carbocycles. The number of hydrogen-bond acceptors (Lipinski definition) is 3. The normalized spacial score (nSPS) is 11.7. The van der Waals surface area contributed by atoms with Gasteiger partial charge >= 0.3 is 6.18 Å². The lowest BCUT2D eigenvalue weighted by Gasteiger charge is -2.13. The molecule has 0 aliphatic heterocycles. The summed E-state index contributed by atoms with van der Waals surface area (Å²) < 4.78 is 51.5. The summed E-state index contributed by atoms with van der Waals surface area (Å²) in [5.41, 5.74) is 4.47. The summed E-state index contributed by atoms with van der Waals surface area (Å²) in [7, 11) is 0. The van der Waals surface area contributed by atoms with Crippen LogP contribution in [0.4, 0.5) is 13.2 Å². The Bertz CT molecular complexity index is 1880. The third-order valence-electron chi connectivity index (χ3n) is 7.15. The Morgan fingerprint density at radius 1 is 0.810 bits per heavy atom. The maximum Gasteiger partial charge on any atom is 0.417 e. The van der Waals surface area contributed by atoms with E-state index in [1.807, 2.05) is 62.4 Å². The summed E-state index contributed by atoms with van der Waals surface area (Å²) in [6.07, 6.45) is -4.66. The molecule has 0 aliphatic rings. The van der Waals surface area contributed by atoms with Gasteiger partial charge in [-0.3, -0.25) is 0 Å². The quantitative estimate of drug-likeness (QED) is 0.196. The molecule has 6 aromatic rings. The molecule has 0 amide bonds. The highest BCUT2D eigenvalue weighted by Gasteiger charge is 2.36. The van der Waals surface area contributed by atoms with Gasteiger partial charge in [-0.05, 0) is 79.6 Å². The van der Waals surface area contributed by atoms with Crippen molar-refractivity contribution in [2.45, 2.75) is 26.6 Å². The minimum absolute atomic E-state index is 0.0765. The van der Waals surface area contributed by atoms with E-state index >= 15 is 0 Å². The van der Waals surface area contributed by atoms with Gasteiger partial charge in [-0.1, -0.05) is 65.7 Å². The number of alkyl halides is 3. The first kappa shape index (κ1) is 27.5. The molecular weight excluding hydrogens is 559 g/mol. The van der Waals surface area contributed by atoms with Crippen molar-refractivity contribution in [2.24, 2.45) is 0 Å². The Morgan fingerprint density at radius 3 is 2.14 bits per heavy atom. The van der Waals surface area contributed by atoms with Gasteiger partial charge in [0.1, 0.15) is 18.1 Å². The van der Waals surface area contributed by atoms with Crippen LogP contribution in [0.15, 0.2) is 103 Å². The smallest absolute Gasteiger partial charge is 0.417 e. The van der Waals surface area contributed by atoms with E-state index in [2.05, 4.69) is 5.10 Å². The van der Waals surface area contributed by atoms with E-state index < -0.39 is 11.7 Å². The number of nitrogens with zero attached hydrogens (tertiary/aromatic N) is 3. The first-order chi connectivity index (χ1) is 20.2. The monoisotopic (exact) mass is 583 g/mol. The maximum absolute atomic E-state index is 14.7. The molecule has 0 atom stereocenters. The molecule has 8 heteroatoms. The summed E-state index contributed by atoms with van der Waals surface area (Å²) in [6.45, 7) is 4.34. The molecule has 0 saturated heterocycles. The Hall–Kier alpha value is -4.62. The summed E-state index contributed by atoms with van der Waals surface area (Å²) >= 11 is 6.07. The van der Waals surface area contributed by atoms with E-state index in [-0.39, 0.29) is 22.4 Å². The van der Waals surface area contributed by atoms with Crippen molar-refractivity contribution in [1.29, 1.82) is 0 Å². The summed E-state index contributed by atoms with van der Waals surface area (Å²) in [6, 6.07) is 29.9. The number of rotatable bonds is 6. The zero-order chi connectivity index (χ0) is 29.4. The van der Waals surface area contributed by atoms with Crippen LogP contribution in [0, 0.1) is 13.8 Å². The molecule has 0 N–H and O–H groups in total. The van der Waals surface area contributed by atoms with Gasteiger partial charge in [0.2, 0.25) is 0 Å². The van der Waals surface area contributed by atoms with Crippen molar-refractivity contribution in [3.8, 4) is 34.0 Å². The number of aromatic nitrogens is 3. The average Bonchev–Trinajstić information content (AvgIpc) is 3.36. The van der Waals surface area contributed by atoms with Crippen LogP contribution in [-0.4, -0.2) is 14.8 Å². The zero-order valence-electron chi connectivity index (χ0n) is 22.8. The third kappa shape index (κ3) is 5.48. The second-order valence-electron chi connectivity index (χ2n) is 10.1. The van der Waals surface area contributed by atoms with Crippen molar-refractivity contribution in [3.63, 3.8) is 0 Å². The van der Waals surface area contributed by atoms with Gasteiger partial charge in [-0.2, -0.15) is 18.3 Å². The molecule has 2 aromatic heterocycles. The molecule has 0 unspecified atom stereocenters. The third-order valence-corrected chi connectivity index (χ3v) is 7.40. The van der Waals surface area contributed by atoms with Crippen LogP contribution in [0.5, 0.6) is 5.75 Å². The number of pyridine rings is 1. The number of fused-ring (bicyclic) bond motifs is 1. The molecule has 210 valence electrons. The van der Waals surface area contributed by atoms with E-state index in [9.17, 15) is 13.2 Å². The van der Waals surface area contributed by atoms with Crippen LogP contribution in [0.1, 0.15) is 22.3 Å². The minimum atomic E-state index is -4.66. The van der Waals surface area contributed by atoms with Crippen LogP contribution in [0.25, 0.3) is 39.2 Å². The van der Waals surface area contributed by atoms with Crippen LogP contribution in [0.2, 0.25) is 5.02 Å². The van der Waals surface area contributed by atoms with Crippen molar-refractivity contribution in [3.05, 3.63) is 130 Å². The zero-order valence-corrected chi connectivity index (χ0v) is 23.5. The van der Waals surface area contributed by atoms with Gasteiger partial charge in [0, 0.05) is 16.1 Å². The lowest BCUT2D eigenvalue weighted by Crippen LogP contribution is -2.08. The van der Waals surface area contributed by atoms with Crippen molar-refractivity contribution < 1.29 is 17.9 Å². The molecule has 2 heterocycles. The second kappa shape index (κ2) is 11.0. The van der Waals surface area contributed by atoms with Crippen molar-refractivity contribution in [1.82, 2.24) is 14.8 Å². The highest BCUT2D eigenvalue weighted by Crippen LogP contribution is 2.42. The molecule has 0 bridgehead atoms. The minimum Gasteiger partial charge on any atom is -0.489 e. The fourth-order valence-corrected chi connectivity index (χ4v) is 4.94. The predicted octanol–water partition coefficient (Wildman–Crippen LogP) is 9.62. The average molecular weight is 584 g/mol. The van der Waals surface area contributed by atoms with Crippen LogP contribution in [-0.2, 0) is 12.8 Å². The lowest BCUT2D eigenvalue weighted by atomic mass is 10.0. The topological polar surface area (TPSA) is 39.9 Å². The fraction of sp³-hybridized carbons (Fsp3) is 0.118. The van der Waals surface area contributed by atoms with E-state index in [1.54, 1.807) is 48.5 Å². The standard InChI is InChI=1S/C34H25ClF3N3O/c1-21-7-15-27(16-8-21)41-33-31(32(40-41)24-9-13-26(35)14-10-24)29(34(36,37)38)19-30(39-33)23-11-17-28(18-12-23)42-20-25-6-4-3-5-22(25)2/h3-19H,20H2,1-2H3. The SMILES string of the molecule is Cc1ccc(-n2nc(-c3ccc(Cl)cc3)c3c(C(F)(F)F)cc(-c4ccc(OCc5ccccc5C)cc4)nc32)cc1. The largest absolute Gasteiger partial charge is 0.489 e. The number of benzene rings is 4. The van der Waals surface area contributed by atoms with E-state index in [1.165, 1.54) is 4.68 Å². The Labute approximate surface area is 246 Å². The first-order valence-electron chi connectivity index (χ1n) is 13.3. The van der Waals surface area contributed by atoms with Gasteiger partial charge in [0.25, 0.3) is 0 Å². The molecule has 6 rings (SSSR count). The molecule has 0 spiro atoms. The second-order valence-corrected chi connectivity index (χ2v) is 10.5. The van der Waals surface area contributed by atoms with Crippen molar-refractivity contribution in [2.75, 3.05) is 0 Å². The Balaban J connectivity index is 1.48. The molecule has 0 saturated carbocycles. The van der Waals surface area contributed by atoms with Crippen LogP contribution in [0.3, 0.4) is 0 Å². The number of halogens is 4. The van der Waals surface area contributed by atoms with Crippen LogP contribution >= 0.6 is 11.6 Å². The van der Waals surface area contributed by atoms with Gasteiger partial charge in [0.05, 0.1) is 22.3 Å². The van der Waals surface area contributed by atoms with E-state index in [0.29, 0.717) is 34.2 Å². The highest BCUT2D eigenvalue weighted by atomic mass is 35.5. The van der Waals surface area contributed by atoms with Crippen molar-refractivity contribution >= 4 is 22.6 Å². The lowest BCUT2D eigenvalue weighted by molar-refractivity contribution is -0.136. The van der Waals surface area contributed by atoms with Crippen LogP contribution < -0.4 is 4.74 Å². The number of aryl methyl sites for hydroxylation is 2. The predicted molar refractivity (Wildman–Crippen MR) is 160 cm³/mol. The summed E-state index contributed by atoms with van der Waals surface area (Å²) in [5, 5.41) is 5.06. The molecular formula is C34H25ClF3N3O. The van der Waals surface area contributed by atoms with Gasteiger partial charge < -0.3 is 4.74 Å². The Morgan fingerprint density at radius 2 is 1.48 bits per heavy atom. The molecule has 4 nitrogen and oxygen atoms in total. The molecule has 4 aromatic carbocycles. The number of hydrogen-bond donors (Lipinski definition) is 0.